The van der Waals surface area contributed by atoms with Gasteiger partial charge in [-0.2, -0.15) is 0 Å². The molecule has 15 heavy (non-hydrogen) atoms. The van der Waals surface area contributed by atoms with Crippen LogP contribution in [0.4, 0.5) is 0 Å². The molecule has 0 spiro atoms. The van der Waals surface area contributed by atoms with Gasteiger partial charge in [0.2, 0.25) is 10.0 Å². The molecule has 0 bridgehead atoms. The maximum atomic E-state index is 11.7. The van der Waals surface area contributed by atoms with E-state index < -0.39 is 10.0 Å². The highest BCUT2D eigenvalue weighted by Crippen LogP contribution is 2.17. The van der Waals surface area contributed by atoms with Gasteiger partial charge in [0.1, 0.15) is 10.0 Å². The molecule has 1 N–H and O–H groups in total. The first-order valence-corrected chi connectivity index (χ1v) is 6.40. The summed E-state index contributed by atoms with van der Waals surface area (Å²) < 4.78 is 25.9. The van der Waals surface area contributed by atoms with Gasteiger partial charge >= 0.3 is 0 Å². The summed E-state index contributed by atoms with van der Waals surface area (Å²) >= 11 is 5.69. The van der Waals surface area contributed by atoms with Crippen molar-refractivity contribution in [3.05, 3.63) is 23.5 Å². The normalized spacial score (nSPS) is 12.0. The molecule has 1 heterocycles. The van der Waals surface area contributed by atoms with E-state index in [1.807, 2.05) is 13.8 Å². The van der Waals surface area contributed by atoms with Crippen LogP contribution < -0.4 is 4.72 Å². The molecule has 0 amide bonds. The van der Waals surface area contributed by atoms with Crippen LogP contribution in [0.1, 0.15) is 13.8 Å². The van der Waals surface area contributed by atoms with E-state index in [2.05, 4.69) is 9.71 Å². The largest absolute Gasteiger partial charge is 0.243 e. The number of nitrogens with zero attached hydrogens (tertiary/aromatic N) is 1. The van der Waals surface area contributed by atoms with E-state index in [1.165, 1.54) is 18.3 Å². The first-order chi connectivity index (χ1) is 6.93. The molecule has 0 aliphatic rings. The summed E-state index contributed by atoms with van der Waals surface area (Å²) in [6, 6.07) is 2.97. The van der Waals surface area contributed by atoms with Crippen molar-refractivity contribution in [1.29, 1.82) is 0 Å². The number of halogens is 1. The minimum atomic E-state index is -3.53. The van der Waals surface area contributed by atoms with Gasteiger partial charge in [0.15, 0.2) is 0 Å². The Bertz CT molecular complexity index is 431. The summed E-state index contributed by atoms with van der Waals surface area (Å²) in [4.78, 5) is 3.74. The Morgan fingerprint density at radius 1 is 1.53 bits per heavy atom. The number of pyridine rings is 1. The molecule has 6 heteroatoms. The molecule has 0 fully saturated rings. The SMILES string of the molecule is CC(C)CNS(=O)(=O)c1cccnc1Cl. The lowest BCUT2D eigenvalue weighted by Gasteiger charge is -2.09. The van der Waals surface area contributed by atoms with E-state index in [0.717, 1.165) is 0 Å². The molecule has 84 valence electrons. The Morgan fingerprint density at radius 2 is 2.20 bits per heavy atom. The molecule has 0 unspecified atom stereocenters. The molecule has 0 saturated heterocycles. The lowest BCUT2D eigenvalue weighted by molar-refractivity contribution is 0.560. The van der Waals surface area contributed by atoms with Gasteiger partial charge in [-0.3, -0.25) is 0 Å². The van der Waals surface area contributed by atoms with Crippen molar-refractivity contribution in [2.75, 3.05) is 6.54 Å². The predicted molar refractivity (Wildman–Crippen MR) is 59.3 cm³/mol. The van der Waals surface area contributed by atoms with Gasteiger partial charge in [0, 0.05) is 12.7 Å². The molecular formula is C9H13ClN2O2S. The van der Waals surface area contributed by atoms with Crippen molar-refractivity contribution < 1.29 is 8.42 Å². The lowest BCUT2D eigenvalue weighted by Crippen LogP contribution is -2.27. The number of rotatable bonds is 4. The van der Waals surface area contributed by atoms with Crippen molar-refractivity contribution in [3.8, 4) is 0 Å². The number of nitrogens with one attached hydrogen (secondary N) is 1. The topological polar surface area (TPSA) is 59.1 Å². The van der Waals surface area contributed by atoms with Crippen LogP contribution in [-0.2, 0) is 10.0 Å². The first-order valence-electron chi connectivity index (χ1n) is 4.53. The summed E-state index contributed by atoms with van der Waals surface area (Å²) in [5.41, 5.74) is 0. The molecule has 0 radical (unpaired) electrons. The summed E-state index contributed by atoms with van der Waals surface area (Å²) in [5.74, 6) is 0.246. The highest BCUT2D eigenvalue weighted by Gasteiger charge is 2.17. The van der Waals surface area contributed by atoms with Crippen LogP contribution in [0, 0.1) is 5.92 Å². The summed E-state index contributed by atoms with van der Waals surface area (Å²) in [5, 5.41) is -0.00578. The highest BCUT2D eigenvalue weighted by molar-refractivity contribution is 7.89. The average molecular weight is 249 g/mol. The van der Waals surface area contributed by atoms with Gasteiger partial charge in [-0.25, -0.2) is 18.1 Å². The molecule has 0 aromatic carbocycles. The van der Waals surface area contributed by atoms with Crippen LogP contribution in [0.3, 0.4) is 0 Å². The van der Waals surface area contributed by atoms with Gasteiger partial charge < -0.3 is 0 Å². The van der Waals surface area contributed by atoms with Crippen LogP contribution in [0.5, 0.6) is 0 Å². The number of sulfonamides is 1. The van der Waals surface area contributed by atoms with E-state index in [0.29, 0.717) is 6.54 Å². The Morgan fingerprint density at radius 3 is 2.73 bits per heavy atom. The summed E-state index contributed by atoms with van der Waals surface area (Å²) in [6.45, 7) is 4.23. The Hall–Kier alpha value is -0.650. The monoisotopic (exact) mass is 248 g/mol. The molecular weight excluding hydrogens is 236 g/mol. The van der Waals surface area contributed by atoms with Gasteiger partial charge in [-0.05, 0) is 18.1 Å². The van der Waals surface area contributed by atoms with Crippen LogP contribution in [0.25, 0.3) is 0 Å². The van der Waals surface area contributed by atoms with Gasteiger partial charge in [0.25, 0.3) is 0 Å². The first kappa shape index (κ1) is 12.4. The van der Waals surface area contributed by atoms with E-state index in [4.69, 9.17) is 11.6 Å². The van der Waals surface area contributed by atoms with Gasteiger partial charge in [0.05, 0.1) is 0 Å². The lowest BCUT2D eigenvalue weighted by atomic mass is 10.2. The van der Waals surface area contributed by atoms with Crippen LogP contribution in [-0.4, -0.2) is 19.9 Å². The van der Waals surface area contributed by atoms with Crippen molar-refractivity contribution in [1.82, 2.24) is 9.71 Å². The molecule has 0 aliphatic heterocycles. The molecule has 1 aromatic rings. The van der Waals surface area contributed by atoms with Crippen molar-refractivity contribution >= 4 is 21.6 Å². The summed E-state index contributed by atoms with van der Waals surface area (Å²) in [7, 11) is -3.53. The fraction of sp³-hybridized carbons (Fsp3) is 0.444. The Kier molecular flexibility index (Phi) is 4.07. The Balaban J connectivity index is 2.92. The molecule has 4 nitrogen and oxygen atoms in total. The van der Waals surface area contributed by atoms with Gasteiger partial charge in [-0.1, -0.05) is 25.4 Å². The molecule has 0 aliphatic carbocycles. The van der Waals surface area contributed by atoms with Crippen molar-refractivity contribution in [2.45, 2.75) is 18.7 Å². The van der Waals surface area contributed by atoms with Crippen LogP contribution in [0.2, 0.25) is 5.15 Å². The average Bonchev–Trinajstić information content (AvgIpc) is 2.15. The highest BCUT2D eigenvalue weighted by atomic mass is 35.5. The van der Waals surface area contributed by atoms with E-state index in [9.17, 15) is 8.42 Å². The van der Waals surface area contributed by atoms with Crippen molar-refractivity contribution in [2.24, 2.45) is 5.92 Å². The molecule has 1 rings (SSSR count). The third-order valence-corrected chi connectivity index (χ3v) is 3.56. The zero-order chi connectivity index (χ0) is 11.5. The maximum absolute atomic E-state index is 11.7. The zero-order valence-corrected chi connectivity index (χ0v) is 10.1. The third kappa shape index (κ3) is 3.44. The van der Waals surface area contributed by atoms with E-state index >= 15 is 0 Å². The minimum Gasteiger partial charge on any atom is -0.243 e. The predicted octanol–water partition coefficient (Wildman–Crippen LogP) is 1.67. The molecule has 0 saturated carbocycles. The van der Waals surface area contributed by atoms with E-state index in [-0.39, 0.29) is 16.0 Å². The molecule has 1 aromatic heterocycles. The van der Waals surface area contributed by atoms with Gasteiger partial charge in [-0.15, -0.1) is 0 Å². The maximum Gasteiger partial charge on any atom is 0.243 e. The Labute approximate surface area is 94.7 Å². The third-order valence-electron chi connectivity index (χ3n) is 1.70. The quantitative estimate of drug-likeness (QED) is 0.825. The standard InChI is InChI=1S/C9H13ClN2O2S/c1-7(2)6-12-15(13,14)8-4-3-5-11-9(8)10/h3-5,7,12H,6H2,1-2H3. The molecule has 0 atom stereocenters. The zero-order valence-electron chi connectivity index (χ0n) is 8.57. The smallest absolute Gasteiger partial charge is 0.243 e. The van der Waals surface area contributed by atoms with Crippen LogP contribution >= 0.6 is 11.6 Å². The second-order valence-electron chi connectivity index (χ2n) is 3.54. The van der Waals surface area contributed by atoms with Crippen LogP contribution in [0.15, 0.2) is 23.2 Å². The minimum absolute atomic E-state index is 0.00578. The van der Waals surface area contributed by atoms with Crippen molar-refractivity contribution in [3.63, 3.8) is 0 Å². The number of hydrogen-bond donors (Lipinski definition) is 1. The van der Waals surface area contributed by atoms with E-state index in [1.54, 1.807) is 0 Å². The fourth-order valence-corrected chi connectivity index (χ4v) is 2.59. The number of aromatic nitrogens is 1. The fourth-order valence-electron chi connectivity index (χ4n) is 0.926. The second kappa shape index (κ2) is 4.92. The summed E-state index contributed by atoms with van der Waals surface area (Å²) in [6.07, 6.45) is 1.45. The number of hydrogen-bond acceptors (Lipinski definition) is 3. The second-order valence-corrected chi connectivity index (χ2v) is 5.63.